The summed E-state index contributed by atoms with van der Waals surface area (Å²) >= 11 is 1.29. The lowest BCUT2D eigenvalue weighted by molar-refractivity contribution is -0.119. The van der Waals surface area contributed by atoms with Gasteiger partial charge in [0.25, 0.3) is 0 Å². The molecule has 0 fully saturated rings. The molecule has 0 aliphatic carbocycles. The first-order chi connectivity index (χ1) is 11.0. The Kier molecular flexibility index (Phi) is 4.47. The third kappa shape index (κ3) is 3.44. The van der Waals surface area contributed by atoms with Crippen molar-refractivity contribution in [1.29, 1.82) is 0 Å². The molecule has 0 aliphatic rings. The quantitative estimate of drug-likeness (QED) is 0.703. The van der Waals surface area contributed by atoms with E-state index in [1.165, 1.54) is 11.8 Å². The summed E-state index contributed by atoms with van der Waals surface area (Å²) in [6, 6.07) is 8.03. The van der Waals surface area contributed by atoms with Gasteiger partial charge in [-0.2, -0.15) is 0 Å². The number of hydrogen-bond acceptors (Lipinski definition) is 5. The summed E-state index contributed by atoms with van der Waals surface area (Å²) in [7, 11) is 0. The average molecular weight is 329 g/mol. The molecule has 0 radical (unpaired) electrons. The van der Waals surface area contributed by atoms with Crippen molar-refractivity contribution >= 4 is 39.7 Å². The first kappa shape index (κ1) is 15.7. The lowest BCUT2D eigenvalue weighted by Crippen LogP contribution is -2.37. The van der Waals surface area contributed by atoms with Crippen LogP contribution in [0, 0.1) is 5.92 Å². The summed E-state index contributed by atoms with van der Waals surface area (Å²) in [4.78, 5) is 19.6. The summed E-state index contributed by atoms with van der Waals surface area (Å²) in [5.41, 5.74) is 2.43. The van der Waals surface area contributed by atoms with E-state index in [0.717, 1.165) is 16.4 Å². The molecule has 120 valence electrons. The molecule has 0 saturated heterocycles. The largest absolute Gasteiger partial charge is 0.353 e. The van der Waals surface area contributed by atoms with Gasteiger partial charge in [0, 0.05) is 16.9 Å². The van der Waals surface area contributed by atoms with Crippen LogP contribution in [0.5, 0.6) is 0 Å². The lowest BCUT2D eigenvalue weighted by atomic mass is 10.1. The van der Waals surface area contributed by atoms with Crippen molar-refractivity contribution in [3.63, 3.8) is 0 Å². The zero-order valence-corrected chi connectivity index (χ0v) is 14.1. The maximum absolute atomic E-state index is 11.9. The second-order valence-electron chi connectivity index (χ2n) is 5.85. The molecule has 6 nitrogen and oxygen atoms in total. The van der Waals surface area contributed by atoms with E-state index in [1.807, 2.05) is 31.2 Å². The summed E-state index contributed by atoms with van der Waals surface area (Å²) in [5.74, 6) is 0.672. The molecule has 3 rings (SSSR count). The number of aromatic nitrogens is 4. The topological polar surface area (TPSA) is 83.6 Å². The number of nitrogens with one attached hydrogen (secondary N) is 2. The van der Waals surface area contributed by atoms with Crippen molar-refractivity contribution in [3.8, 4) is 0 Å². The van der Waals surface area contributed by atoms with Crippen LogP contribution in [0.1, 0.15) is 20.8 Å². The number of thioether (sulfide) groups is 1. The van der Waals surface area contributed by atoms with Gasteiger partial charge in [0.1, 0.15) is 5.52 Å². The van der Waals surface area contributed by atoms with Crippen molar-refractivity contribution < 1.29 is 4.79 Å². The highest BCUT2D eigenvalue weighted by Gasteiger charge is 2.13. The molecule has 3 aromatic rings. The van der Waals surface area contributed by atoms with Crippen molar-refractivity contribution in [3.05, 3.63) is 24.3 Å². The molecule has 0 bridgehead atoms. The van der Waals surface area contributed by atoms with Crippen LogP contribution in [0.3, 0.4) is 0 Å². The van der Waals surface area contributed by atoms with Gasteiger partial charge in [0.05, 0.1) is 5.75 Å². The van der Waals surface area contributed by atoms with E-state index in [9.17, 15) is 4.79 Å². The monoisotopic (exact) mass is 329 g/mol. The predicted molar refractivity (Wildman–Crippen MR) is 92.4 cm³/mol. The molecule has 0 unspecified atom stereocenters. The Morgan fingerprint density at radius 2 is 2.04 bits per heavy atom. The predicted octanol–water partition coefficient (Wildman–Crippen LogP) is 2.76. The van der Waals surface area contributed by atoms with Crippen LogP contribution >= 0.6 is 11.8 Å². The van der Waals surface area contributed by atoms with E-state index >= 15 is 0 Å². The van der Waals surface area contributed by atoms with Gasteiger partial charge < -0.3 is 10.3 Å². The van der Waals surface area contributed by atoms with E-state index < -0.39 is 0 Å². The molecule has 0 spiro atoms. The molecular weight excluding hydrogens is 310 g/mol. The van der Waals surface area contributed by atoms with Crippen LogP contribution in [0.4, 0.5) is 0 Å². The number of aromatic amines is 1. The Morgan fingerprint density at radius 3 is 2.83 bits per heavy atom. The highest BCUT2D eigenvalue weighted by Crippen LogP contribution is 2.23. The number of amides is 1. The van der Waals surface area contributed by atoms with E-state index in [0.29, 0.717) is 16.7 Å². The minimum atomic E-state index is -0.0171. The molecule has 2 aromatic heterocycles. The summed E-state index contributed by atoms with van der Waals surface area (Å²) in [6.45, 7) is 6.16. The first-order valence-corrected chi connectivity index (χ1v) is 8.56. The van der Waals surface area contributed by atoms with Gasteiger partial charge in [-0.3, -0.25) is 4.79 Å². The number of carbonyl (C=O) groups excluding carboxylic acids is 1. The number of benzene rings is 1. The fourth-order valence-electron chi connectivity index (χ4n) is 2.16. The average Bonchev–Trinajstić information content (AvgIpc) is 2.90. The smallest absolute Gasteiger partial charge is 0.230 e. The number of H-pyrrole nitrogens is 1. The highest BCUT2D eigenvalue weighted by atomic mass is 32.2. The zero-order valence-electron chi connectivity index (χ0n) is 13.3. The maximum atomic E-state index is 11.9. The Labute approximate surface area is 138 Å². The van der Waals surface area contributed by atoms with Crippen LogP contribution in [0.25, 0.3) is 22.1 Å². The van der Waals surface area contributed by atoms with Gasteiger partial charge >= 0.3 is 0 Å². The first-order valence-electron chi connectivity index (χ1n) is 7.58. The van der Waals surface area contributed by atoms with E-state index in [-0.39, 0.29) is 17.7 Å². The highest BCUT2D eigenvalue weighted by molar-refractivity contribution is 7.99. The van der Waals surface area contributed by atoms with Gasteiger partial charge in [-0.1, -0.05) is 43.8 Å². The van der Waals surface area contributed by atoms with Crippen LogP contribution in [-0.2, 0) is 4.79 Å². The molecule has 1 aromatic carbocycles. The fourth-order valence-corrected chi connectivity index (χ4v) is 2.76. The van der Waals surface area contributed by atoms with E-state index in [1.54, 1.807) is 0 Å². The third-order valence-electron chi connectivity index (χ3n) is 3.82. The molecule has 1 atom stereocenters. The van der Waals surface area contributed by atoms with Crippen molar-refractivity contribution in [1.82, 2.24) is 25.5 Å². The normalized spacial score (nSPS) is 12.9. The maximum Gasteiger partial charge on any atom is 0.230 e. The summed E-state index contributed by atoms with van der Waals surface area (Å²) in [6.07, 6.45) is 0. The van der Waals surface area contributed by atoms with E-state index in [4.69, 9.17) is 0 Å². The molecule has 1 amide bonds. The van der Waals surface area contributed by atoms with Crippen LogP contribution in [-0.4, -0.2) is 37.9 Å². The SMILES string of the molecule is CC(C)[C@@H](C)NC(=O)CSc1nnc2c(n1)[nH]c1ccccc12. The number of para-hydroxylation sites is 1. The molecule has 0 saturated carbocycles. The Hall–Kier alpha value is -2.15. The van der Waals surface area contributed by atoms with Gasteiger partial charge in [0.2, 0.25) is 11.1 Å². The van der Waals surface area contributed by atoms with Crippen molar-refractivity contribution in [2.45, 2.75) is 32.0 Å². The van der Waals surface area contributed by atoms with Crippen LogP contribution in [0.2, 0.25) is 0 Å². The van der Waals surface area contributed by atoms with Gasteiger partial charge in [0.15, 0.2) is 5.65 Å². The van der Waals surface area contributed by atoms with Crippen molar-refractivity contribution in [2.75, 3.05) is 5.75 Å². The van der Waals surface area contributed by atoms with Crippen molar-refractivity contribution in [2.24, 2.45) is 5.92 Å². The van der Waals surface area contributed by atoms with Gasteiger partial charge in [-0.25, -0.2) is 4.98 Å². The van der Waals surface area contributed by atoms with Gasteiger partial charge in [-0.15, -0.1) is 10.2 Å². The van der Waals surface area contributed by atoms with Crippen LogP contribution < -0.4 is 5.32 Å². The molecule has 0 aliphatic heterocycles. The Morgan fingerprint density at radius 1 is 1.26 bits per heavy atom. The van der Waals surface area contributed by atoms with E-state index in [2.05, 4.69) is 39.3 Å². The molecule has 2 heterocycles. The molecular formula is C16H19N5OS. The van der Waals surface area contributed by atoms with Crippen LogP contribution in [0.15, 0.2) is 29.4 Å². The zero-order chi connectivity index (χ0) is 16.4. The van der Waals surface area contributed by atoms with Gasteiger partial charge in [-0.05, 0) is 18.9 Å². The minimum absolute atomic E-state index is 0.0171. The number of hydrogen-bond donors (Lipinski definition) is 2. The lowest BCUT2D eigenvalue weighted by Gasteiger charge is -2.16. The molecule has 23 heavy (non-hydrogen) atoms. The minimum Gasteiger partial charge on any atom is -0.353 e. The summed E-state index contributed by atoms with van der Waals surface area (Å²) in [5, 5.41) is 12.8. The number of rotatable bonds is 5. The standard InChI is InChI=1S/C16H19N5OS/c1-9(2)10(3)17-13(22)8-23-16-19-15-14(20-21-16)11-6-4-5-7-12(11)18-15/h4-7,9-10H,8H2,1-3H3,(H,17,22)(H,18,19,21)/t10-/m1/s1. The fraction of sp³-hybridized carbons (Fsp3) is 0.375. The third-order valence-corrected chi connectivity index (χ3v) is 4.66. The second kappa shape index (κ2) is 6.54. The number of nitrogens with zero attached hydrogens (tertiary/aromatic N) is 3. The Balaban J connectivity index is 1.71. The summed E-state index contributed by atoms with van der Waals surface area (Å²) < 4.78 is 0. The number of fused-ring (bicyclic) bond motifs is 3. The molecule has 2 N–H and O–H groups in total. The number of carbonyl (C=O) groups is 1. The Bertz CT molecular complexity index is 845. The second-order valence-corrected chi connectivity index (χ2v) is 6.79. The molecule has 7 heteroatoms.